The van der Waals surface area contributed by atoms with Crippen LogP contribution in [0, 0.1) is 5.92 Å². The Labute approximate surface area is 286 Å². The zero-order valence-electron chi connectivity index (χ0n) is 28.4. The fraction of sp³-hybridized carbons (Fsp3) is 0.703. The van der Waals surface area contributed by atoms with Crippen LogP contribution in [-0.2, 0) is 25.7 Å². The molecule has 0 saturated heterocycles. The average Bonchev–Trinajstić information content (AvgIpc) is 3.39. The number of rotatable bonds is 30. The van der Waals surface area contributed by atoms with E-state index in [9.17, 15) is 19.2 Å². The van der Waals surface area contributed by atoms with E-state index in [1.165, 1.54) is 114 Å². The summed E-state index contributed by atoms with van der Waals surface area (Å²) in [6, 6.07) is 3.65. The van der Waals surface area contributed by atoms with Crippen LogP contribution >= 0.6 is 21.6 Å². The highest BCUT2D eigenvalue weighted by Gasteiger charge is 2.27. The van der Waals surface area contributed by atoms with Crippen molar-refractivity contribution in [2.45, 2.75) is 142 Å². The number of pyridine rings is 1. The molecule has 1 aliphatic rings. The number of imide groups is 1. The second-order valence-corrected chi connectivity index (χ2v) is 15.2. The third-order valence-corrected chi connectivity index (χ3v) is 11.1. The maximum Gasteiger partial charge on any atom is 0.253 e. The van der Waals surface area contributed by atoms with Gasteiger partial charge in [-0.1, -0.05) is 118 Å². The molecule has 0 bridgehead atoms. The molecule has 1 N–H and O–H groups in total. The summed E-state index contributed by atoms with van der Waals surface area (Å²) >= 11 is 0. The molecule has 258 valence electrons. The zero-order valence-corrected chi connectivity index (χ0v) is 30.0. The van der Waals surface area contributed by atoms with Crippen molar-refractivity contribution in [3.05, 3.63) is 42.2 Å². The molecule has 2 rings (SSSR count). The van der Waals surface area contributed by atoms with E-state index in [2.05, 4.69) is 28.0 Å². The molecule has 1 aromatic heterocycles. The molecule has 46 heavy (non-hydrogen) atoms. The van der Waals surface area contributed by atoms with Crippen molar-refractivity contribution in [3.8, 4) is 0 Å². The van der Waals surface area contributed by atoms with Gasteiger partial charge < -0.3 is 5.32 Å². The number of unbranched alkanes of at least 4 members (excludes halogenated alkanes) is 15. The highest BCUT2D eigenvalue weighted by atomic mass is 33.1. The molecule has 0 aliphatic carbocycles. The van der Waals surface area contributed by atoms with Crippen LogP contribution in [0.1, 0.15) is 141 Å². The first-order chi connectivity index (χ1) is 22.5. The Hall–Kier alpha value is -2.13. The van der Waals surface area contributed by atoms with Gasteiger partial charge in [0.1, 0.15) is 5.78 Å². The van der Waals surface area contributed by atoms with Gasteiger partial charge in [-0.25, -0.2) is 0 Å². The number of amides is 3. The fourth-order valence-electron chi connectivity index (χ4n) is 5.61. The van der Waals surface area contributed by atoms with Crippen LogP contribution < -0.4 is 5.32 Å². The Morgan fingerprint density at radius 1 is 0.739 bits per heavy atom. The number of nitrogens with one attached hydrogen (secondary N) is 1. The number of aromatic nitrogens is 1. The summed E-state index contributed by atoms with van der Waals surface area (Å²) in [4.78, 5) is 54.8. The first-order valence-corrected chi connectivity index (χ1v) is 20.5. The van der Waals surface area contributed by atoms with Crippen molar-refractivity contribution in [2.75, 3.05) is 18.1 Å². The Morgan fingerprint density at radius 2 is 1.24 bits per heavy atom. The van der Waals surface area contributed by atoms with Crippen LogP contribution in [0.25, 0.3) is 0 Å². The van der Waals surface area contributed by atoms with Gasteiger partial charge in [-0.3, -0.25) is 29.1 Å². The van der Waals surface area contributed by atoms with Crippen molar-refractivity contribution in [1.29, 1.82) is 0 Å². The zero-order chi connectivity index (χ0) is 33.1. The second kappa shape index (κ2) is 26.9. The number of Topliss-reactive ketones (excluding diaryl/α,β-unsaturated/α-hetero) is 1. The van der Waals surface area contributed by atoms with Crippen LogP contribution in [0.5, 0.6) is 0 Å². The van der Waals surface area contributed by atoms with E-state index in [4.69, 9.17) is 0 Å². The maximum atomic E-state index is 13.0. The first-order valence-electron chi connectivity index (χ1n) is 18.0. The molecular formula is C37H59N3O4S2. The quantitative estimate of drug-likeness (QED) is 0.0495. The number of hydrogen-bond donors (Lipinski definition) is 1. The summed E-state index contributed by atoms with van der Waals surface area (Å²) in [6.07, 6.45) is 28.6. The lowest BCUT2D eigenvalue weighted by Gasteiger charge is -2.20. The van der Waals surface area contributed by atoms with Gasteiger partial charge in [0.25, 0.3) is 11.8 Å². The van der Waals surface area contributed by atoms with Crippen LogP contribution in [0.3, 0.4) is 0 Å². The van der Waals surface area contributed by atoms with Gasteiger partial charge in [-0.2, -0.15) is 0 Å². The minimum atomic E-state index is -0.581. The molecule has 9 heteroatoms. The fourth-order valence-corrected chi connectivity index (χ4v) is 7.90. The number of ketones is 1. The normalized spacial score (nSPS) is 13.5. The molecule has 0 saturated carbocycles. The third-order valence-electron chi connectivity index (χ3n) is 8.51. The van der Waals surface area contributed by atoms with Crippen molar-refractivity contribution in [2.24, 2.45) is 5.92 Å². The predicted molar refractivity (Wildman–Crippen MR) is 193 cm³/mol. The molecular weight excluding hydrogens is 615 g/mol. The average molecular weight is 674 g/mol. The molecule has 1 aliphatic heterocycles. The highest BCUT2D eigenvalue weighted by Crippen LogP contribution is 2.25. The van der Waals surface area contributed by atoms with Crippen LogP contribution in [0.4, 0.5) is 0 Å². The largest absolute Gasteiger partial charge is 0.352 e. The van der Waals surface area contributed by atoms with Crippen LogP contribution in [-0.4, -0.2) is 51.4 Å². The van der Waals surface area contributed by atoms with Gasteiger partial charge in [0.15, 0.2) is 0 Å². The summed E-state index contributed by atoms with van der Waals surface area (Å²) in [5.74, 6) is 1.06. The lowest BCUT2D eigenvalue weighted by atomic mass is 9.94. The van der Waals surface area contributed by atoms with E-state index in [1.54, 1.807) is 12.4 Å². The van der Waals surface area contributed by atoms with E-state index in [0.717, 1.165) is 29.7 Å². The Morgan fingerprint density at radius 3 is 1.78 bits per heavy atom. The topological polar surface area (TPSA) is 96.4 Å². The van der Waals surface area contributed by atoms with Gasteiger partial charge >= 0.3 is 0 Å². The van der Waals surface area contributed by atoms with Crippen molar-refractivity contribution >= 4 is 45.1 Å². The number of carbonyl (C=O) groups excluding carboxylic acids is 4. The van der Waals surface area contributed by atoms with Gasteiger partial charge in [0, 0.05) is 67.9 Å². The van der Waals surface area contributed by atoms with Crippen LogP contribution in [0.15, 0.2) is 36.7 Å². The van der Waals surface area contributed by atoms with Crippen LogP contribution in [0.2, 0.25) is 0 Å². The molecule has 1 atom stereocenters. The standard InChI is InChI=1S/C37H59N3O4S2/c1-2-3-4-5-6-8-11-14-17-28-45-46-29-18-15-12-9-7-10-13-16-19-34(41)30-33(24-27-40-35(42)20-21-36(40)43)37(44)39-31-32-22-25-38-26-23-32/h20-23,25-26,33H,2-19,24,27-31H2,1H3,(H,39,44). The Kier molecular flexibility index (Phi) is 23.4. The van der Waals surface area contributed by atoms with Crippen molar-refractivity contribution < 1.29 is 19.2 Å². The number of carbonyl (C=O) groups is 4. The van der Waals surface area contributed by atoms with Crippen molar-refractivity contribution in [1.82, 2.24) is 15.2 Å². The summed E-state index contributed by atoms with van der Waals surface area (Å²) in [5.41, 5.74) is 0.917. The van der Waals surface area contributed by atoms with E-state index in [1.807, 2.05) is 22.9 Å². The summed E-state index contributed by atoms with van der Waals surface area (Å²) in [7, 11) is 4.10. The molecule has 0 radical (unpaired) electrons. The molecule has 0 aromatic carbocycles. The van der Waals surface area contributed by atoms with E-state index >= 15 is 0 Å². The highest BCUT2D eigenvalue weighted by molar-refractivity contribution is 8.76. The number of hydrogen-bond acceptors (Lipinski definition) is 7. The van der Waals surface area contributed by atoms with Gasteiger partial charge in [0.2, 0.25) is 5.91 Å². The molecule has 0 spiro atoms. The maximum absolute atomic E-state index is 13.0. The monoisotopic (exact) mass is 673 g/mol. The van der Waals surface area contributed by atoms with Crippen molar-refractivity contribution in [3.63, 3.8) is 0 Å². The van der Waals surface area contributed by atoms with Gasteiger partial charge in [-0.15, -0.1) is 0 Å². The Bertz CT molecular complexity index is 1000. The van der Waals surface area contributed by atoms with Gasteiger partial charge in [0.05, 0.1) is 0 Å². The SMILES string of the molecule is CCCCCCCCCCCSSCCCCCCCCCCC(=O)CC(CCN1C(=O)C=CC1=O)C(=O)NCc1ccncc1. The number of nitrogens with zero attached hydrogens (tertiary/aromatic N) is 2. The molecule has 3 amide bonds. The molecule has 2 heterocycles. The van der Waals surface area contributed by atoms with Gasteiger partial charge in [-0.05, 0) is 43.4 Å². The third kappa shape index (κ3) is 19.5. The lowest BCUT2D eigenvalue weighted by molar-refractivity contribution is -0.138. The lowest BCUT2D eigenvalue weighted by Crippen LogP contribution is -2.37. The minimum absolute atomic E-state index is 0.0643. The smallest absolute Gasteiger partial charge is 0.253 e. The summed E-state index contributed by atoms with van der Waals surface area (Å²) in [6.45, 7) is 2.74. The first kappa shape index (κ1) is 40.0. The molecule has 1 aromatic rings. The predicted octanol–water partition coefficient (Wildman–Crippen LogP) is 9.01. The van der Waals surface area contributed by atoms with E-state index in [0.29, 0.717) is 13.0 Å². The molecule has 1 unspecified atom stereocenters. The van der Waals surface area contributed by atoms with E-state index < -0.39 is 5.92 Å². The summed E-state index contributed by atoms with van der Waals surface area (Å²) in [5, 5.41) is 2.91. The Balaban J connectivity index is 1.47. The minimum Gasteiger partial charge on any atom is -0.352 e. The second-order valence-electron chi connectivity index (χ2n) is 12.5. The van der Waals surface area contributed by atoms with E-state index in [-0.39, 0.29) is 42.9 Å². The molecule has 7 nitrogen and oxygen atoms in total. The summed E-state index contributed by atoms with van der Waals surface area (Å²) < 4.78 is 0. The molecule has 0 fully saturated rings.